The van der Waals surface area contributed by atoms with Gasteiger partial charge >= 0.3 is 6.03 Å². The summed E-state index contributed by atoms with van der Waals surface area (Å²) in [5, 5.41) is 7.28. The standard InChI is InChI=1S/C21H16Cl3N3O6/c1-2-32-16-7-10(5-12-19(29)26-21(31)27-20(12)30)6-15(24)18(16)33-9-17(28)25-11-3-4-13(22)14(23)8-11/h3-8H,2,9H2,1H3,(H,25,28)(H2,26,27,29,30,31). The SMILES string of the molecule is CCOc1cc(C=C2C(=O)NC(=O)NC2=O)cc(Cl)c1OCC(=O)Nc1ccc(Cl)c(Cl)c1. The van der Waals surface area contributed by atoms with Crippen molar-refractivity contribution in [1.82, 2.24) is 10.6 Å². The highest BCUT2D eigenvalue weighted by Gasteiger charge is 2.28. The van der Waals surface area contributed by atoms with Gasteiger partial charge in [-0.1, -0.05) is 34.8 Å². The van der Waals surface area contributed by atoms with Gasteiger partial charge in [-0.2, -0.15) is 0 Å². The molecule has 0 spiro atoms. The van der Waals surface area contributed by atoms with Crippen LogP contribution in [0.15, 0.2) is 35.9 Å². The molecule has 1 heterocycles. The zero-order valence-electron chi connectivity index (χ0n) is 17.0. The summed E-state index contributed by atoms with van der Waals surface area (Å²) >= 11 is 18.1. The van der Waals surface area contributed by atoms with Gasteiger partial charge in [0.05, 0.1) is 21.7 Å². The van der Waals surface area contributed by atoms with Gasteiger partial charge in [0, 0.05) is 5.69 Å². The maximum Gasteiger partial charge on any atom is 0.328 e. The summed E-state index contributed by atoms with van der Waals surface area (Å²) < 4.78 is 11.1. The van der Waals surface area contributed by atoms with E-state index in [-0.39, 0.29) is 33.7 Å². The summed E-state index contributed by atoms with van der Waals surface area (Å²) in [4.78, 5) is 47.3. The lowest BCUT2D eigenvalue weighted by atomic mass is 10.1. The maximum atomic E-state index is 12.3. The summed E-state index contributed by atoms with van der Waals surface area (Å²) in [5.41, 5.74) is 0.479. The smallest absolute Gasteiger partial charge is 0.328 e. The minimum absolute atomic E-state index is 0.0721. The number of benzene rings is 2. The fourth-order valence-corrected chi connectivity index (χ4v) is 3.33. The second kappa shape index (κ2) is 10.6. The highest BCUT2D eigenvalue weighted by molar-refractivity contribution is 6.42. The number of carbonyl (C=O) groups is 4. The van der Waals surface area contributed by atoms with E-state index in [1.54, 1.807) is 19.1 Å². The molecule has 0 bridgehead atoms. The Bertz CT molecular complexity index is 1160. The van der Waals surface area contributed by atoms with Crippen LogP contribution < -0.4 is 25.4 Å². The minimum Gasteiger partial charge on any atom is -0.490 e. The molecule has 33 heavy (non-hydrogen) atoms. The van der Waals surface area contributed by atoms with Gasteiger partial charge in [-0.15, -0.1) is 0 Å². The molecule has 0 aromatic heterocycles. The molecule has 1 saturated heterocycles. The molecule has 0 aliphatic carbocycles. The van der Waals surface area contributed by atoms with E-state index in [1.807, 2.05) is 10.6 Å². The molecule has 0 saturated carbocycles. The fourth-order valence-electron chi connectivity index (χ4n) is 2.76. The normalized spacial score (nSPS) is 13.2. The Labute approximate surface area is 203 Å². The van der Waals surface area contributed by atoms with Gasteiger partial charge in [-0.3, -0.25) is 25.0 Å². The van der Waals surface area contributed by atoms with E-state index >= 15 is 0 Å². The van der Waals surface area contributed by atoms with E-state index in [0.29, 0.717) is 16.3 Å². The van der Waals surface area contributed by atoms with Gasteiger partial charge in [0.1, 0.15) is 5.57 Å². The number of nitrogens with one attached hydrogen (secondary N) is 3. The van der Waals surface area contributed by atoms with Crippen LogP contribution in [0.25, 0.3) is 6.08 Å². The highest BCUT2D eigenvalue weighted by Crippen LogP contribution is 2.37. The van der Waals surface area contributed by atoms with Gasteiger partial charge in [0.2, 0.25) is 0 Å². The van der Waals surface area contributed by atoms with Crippen LogP contribution in [0, 0.1) is 0 Å². The van der Waals surface area contributed by atoms with Crippen LogP contribution in [0.5, 0.6) is 11.5 Å². The van der Waals surface area contributed by atoms with Gasteiger partial charge in [-0.25, -0.2) is 4.79 Å². The van der Waals surface area contributed by atoms with Crippen LogP contribution in [-0.2, 0) is 14.4 Å². The van der Waals surface area contributed by atoms with Gasteiger partial charge in [0.15, 0.2) is 18.1 Å². The Morgan fingerprint density at radius 1 is 0.970 bits per heavy atom. The Balaban J connectivity index is 1.78. The third-order valence-corrected chi connectivity index (χ3v) is 5.16. The molecule has 5 amide bonds. The van der Waals surface area contributed by atoms with Crippen molar-refractivity contribution >= 4 is 70.3 Å². The maximum absolute atomic E-state index is 12.3. The van der Waals surface area contributed by atoms with E-state index in [1.165, 1.54) is 24.3 Å². The average Bonchev–Trinajstić information content (AvgIpc) is 2.73. The Morgan fingerprint density at radius 3 is 2.30 bits per heavy atom. The second-order valence-electron chi connectivity index (χ2n) is 6.52. The molecule has 12 heteroatoms. The molecule has 172 valence electrons. The number of barbiturate groups is 1. The first-order valence-corrected chi connectivity index (χ1v) is 10.5. The first-order valence-electron chi connectivity index (χ1n) is 9.40. The molecule has 1 aliphatic heterocycles. The van der Waals surface area contributed by atoms with Crippen molar-refractivity contribution < 1.29 is 28.7 Å². The number of hydrogen-bond donors (Lipinski definition) is 3. The number of hydrogen-bond acceptors (Lipinski definition) is 6. The summed E-state index contributed by atoms with van der Waals surface area (Å²) in [6.45, 7) is 1.58. The number of anilines is 1. The molecule has 3 N–H and O–H groups in total. The average molecular weight is 513 g/mol. The zero-order valence-corrected chi connectivity index (χ0v) is 19.2. The zero-order chi connectivity index (χ0) is 24.1. The lowest BCUT2D eigenvalue weighted by molar-refractivity contribution is -0.124. The number of rotatable bonds is 7. The second-order valence-corrected chi connectivity index (χ2v) is 7.75. The van der Waals surface area contributed by atoms with Crippen molar-refractivity contribution in [3.63, 3.8) is 0 Å². The van der Waals surface area contributed by atoms with Crippen LogP contribution in [0.2, 0.25) is 15.1 Å². The van der Waals surface area contributed by atoms with Crippen molar-refractivity contribution in [1.29, 1.82) is 0 Å². The van der Waals surface area contributed by atoms with Gasteiger partial charge < -0.3 is 14.8 Å². The summed E-state index contributed by atoms with van der Waals surface area (Å²) in [6, 6.07) is 6.61. The largest absolute Gasteiger partial charge is 0.490 e. The van der Waals surface area contributed by atoms with Crippen LogP contribution in [0.3, 0.4) is 0 Å². The van der Waals surface area contributed by atoms with Crippen molar-refractivity contribution in [3.05, 3.63) is 56.5 Å². The Morgan fingerprint density at radius 2 is 1.67 bits per heavy atom. The van der Waals surface area contributed by atoms with E-state index in [0.717, 1.165) is 0 Å². The lowest BCUT2D eigenvalue weighted by Gasteiger charge is -2.16. The van der Waals surface area contributed by atoms with E-state index < -0.39 is 30.4 Å². The first kappa shape index (κ1) is 24.4. The topological polar surface area (TPSA) is 123 Å². The summed E-state index contributed by atoms with van der Waals surface area (Å²) in [7, 11) is 0. The molecule has 3 rings (SSSR count). The predicted molar refractivity (Wildman–Crippen MR) is 123 cm³/mol. The molecule has 0 radical (unpaired) electrons. The number of amides is 5. The van der Waals surface area contributed by atoms with Crippen LogP contribution in [-0.4, -0.2) is 37.0 Å². The monoisotopic (exact) mass is 511 g/mol. The fraction of sp³-hybridized carbons (Fsp3) is 0.143. The van der Waals surface area contributed by atoms with Gasteiger partial charge in [-0.05, 0) is 48.9 Å². The lowest BCUT2D eigenvalue weighted by Crippen LogP contribution is -2.51. The molecule has 2 aromatic carbocycles. The van der Waals surface area contributed by atoms with Crippen molar-refractivity contribution in [2.24, 2.45) is 0 Å². The highest BCUT2D eigenvalue weighted by atomic mass is 35.5. The van der Waals surface area contributed by atoms with Crippen molar-refractivity contribution in [3.8, 4) is 11.5 Å². The van der Waals surface area contributed by atoms with E-state index in [2.05, 4.69) is 5.32 Å². The number of ether oxygens (including phenoxy) is 2. The van der Waals surface area contributed by atoms with Gasteiger partial charge in [0.25, 0.3) is 17.7 Å². The molecule has 2 aromatic rings. The summed E-state index contributed by atoms with van der Waals surface area (Å²) in [6.07, 6.45) is 1.24. The quantitative estimate of drug-likeness (QED) is 0.383. The van der Waals surface area contributed by atoms with Crippen LogP contribution >= 0.6 is 34.8 Å². The third-order valence-electron chi connectivity index (χ3n) is 4.14. The van der Waals surface area contributed by atoms with Crippen molar-refractivity contribution in [2.45, 2.75) is 6.92 Å². The van der Waals surface area contributed by atoms with E-state index in [9.17, 15) is 19.2 Å². The van der Waals surface area contributed by atoms with E-state index in [4.69, 9.17) is 44.3 Å². The number of urea groups is 1. The molecule has 0 atom stereocenters. The molecular formula is C21H16Cl3N3O6. The molecule has 9 nitrogen and oxygen atoms in total. The predicted octanol–water partition coefficient (Wildman–Crippen LogP) is 3.81. The number of carbonyl (C=O) groups excluding carboxylic acids is 4. The Hall–Kier alpha value is -3.27. The molecule has 1 fully saturated rings. The van der Waals surface area contributed by atoms with Crippen LogP contribution in [0.1, 0.15) is 12.5 Å². The molecule has 1 aliphatic rings. The first-order chi connectivity index (χ1) is 15.7. The number of halogens is 3. The Kier molecular flexibility index (Phi) is 7.80. The van der Waals surface area contributed by atoms with Crippen LogP contribution in [0.4, 0.5) is 10.5 Å². The van der Waals surface area contributed by atoms with Crippen molar-refractivity contribution in [2.75, 3.05) is 18.5 Å². The molecular weight excluding hydrogens is 497 g/mol. The number of imide groups is 2. The molecule has 0 unspecified atom stereocenters. The minimum atomic E-state index is -0.905. The summed E-state index contributed by atoms with van der Waals surface area (Å²) in [5.74, 6) is -1.91. The third kappa shape index (κ3) is 6.16.